The van der Waals surface area contributed by atoms with Crippen molar-refractivity contribution in [2.24, 2.45) is 0 Å². The second kappa shape index (κ2) is 6.83. The van der Waals surface area contributed by atoms with Gasteiger partial charge in [-0.2, -0.15) is 0 Å². The summed E-state index contributed by atoms with van der Waals surface area (Å²) < 4.78 is 5.50. The highest BCUT2D eigenvalue weighted by Gasteiger charge is 1.97. The van der Waals surface area contributed by atoms with Crippen LogP contribution < -0.4 is 10.1 Å². The molecule has 2 aromatic rings. The molecule has 2 heteroatoms. The molecule has 2 aromatic carbocycles. The van der Waals surface area contributed by atoms with Crippen molar-refractivity contribution in [3.8, 4) is 5.75 Å². The van der Waals surface area contributed by atoms with Crippen molar-refractivity contribution in [3.63, 3.8) is 0 Å². The predicted octanol–water partition coefficient (Wildman–Crippen LogP) is 4.26. The molecule has 0 spiro atoms. The minimum absolute atomic E-state index is 0.704. The highest BCUT2D eigenvalue weighted by Crippen LogP contribution is 2.15. The van der Waals surface area contributed by atoms with E-state index in [1.54, 1.807) is 0 Å². The maximum absolute atomic E-state index is 5.50. The van der Waals surface area contributed by atoms with Crippen LogP contribution in [0.5, 0.6) is 5.75 Å². The molecule has 0 unspecified atom stereocenters. The first kappa shape index (κ1) is 13.5. The standard InChI is InChI=1S/C17H21NO/c1-3-14-8-10-16(11-9-14)18-13-15-6-5-7-17(12-15)19-4-2/h5-12,18H,3-4,13H2,1-2H3. The molecule has 0 aliphatic rings. The quantitative estimate of drug-likeness (QED) is 0.832. The van der Waals surface area contributed by atoms with E-state index >= 15 is 0 Å². The molecule has 0 saturated heterocycles. The number of benzene rings is 2. The third-order valence-corrected chi connectivity index (χ3v) is 3.07. The molecular weight excluding hydrogens is 234 g/mol. The van der Waals surface area contributed by atoms with Crippen LogP contribution in [0.4, 0.5) is 5.69 Å². The van der Waals surface area contributed by atoms with E-state index in [0.29, 0.717) is 6.61 Å². The van der Waals surface area contributed by atoms with Gasteiger partial charge in [-0.15, -0.1) is 0 Å². The van der Waals surface area contributed by atoms with Gasteiger partial charge in [0.05, 0.1) is 6.61 Å². The highest BCUT2D eigenvalue weighted by molar-refractivity contribution is 5.45. The van der Waals surface area contributed by atoms with Crippen LogP contribution in [0.15, 0.2) is 48.5 Å². The van der Waals surface area contributed by atoms with Crippen LogP contribution in [0.1, 0.15) is 25.0 Å². The molecule has 0 bridgehead atoms. The Morgan fingerprint density at radius 2 is 1.74 bits per heavy atom. The molecule has 2 nitrogen and oxygen atoms in total. The molecule has 0 fully saturated rings. The van der Waals surface area contributed by atoms with E-state index in [-0.39, 0.29) is 0 Å². The van der Waals surface area contributed by atoms with Crippen LogP contribution >= 0.6 is 0 Å². The second-order valence-electron chi connectivity index (χ2n) is 4.48. The number of hydrogen-bond acceptors (Lipinski definition) is 2. The Balaban J connectivity index is 1.95. The van der Waals surface area contributed by atoms with Crippen LogP contribution in [-0.2, 0) is 13.0 Å². The van der Waals surface area contributed by atoms with Crippen molar-refractivity contribution in [3.05, 3.63) is 59.7 Å². The number of hydrogen-bond donors (Lipinski definition) is 1. The van der Waals surface area contributed by atoms with Crippen LogP contribution in [0.2, 0.25) is 0 Å². The average Bonchev–Trinajstić information content (AvgIpc) is 2.46. The molecule has 100 valence electrons. The topological polar surface area (TPSA) is 21.3 Å². The molecule has 0 aromatic heterocycles. The van der Waals surface area contributed by atoms with Crippen molar-refractivity contribution in [1.82, 2.24) is 0 Å². The van der Waals surface area contributed by atoms with Crippen LogP contribution in [-0.4, -0.2) is 6.61 Å². The molecule has 2 rings (SSSR count). The van der Waals surface area contributed by atoms with Gasteiger partial charge in [-0.1, -0.05) is 31.2 Å². The first-order valence-corrected chi connectivity index (χ1v) is 6.86. The van der Waals surface area contributed by atoms with Crippen molar-refractivity contribution in [2.45, 2.75) is 26.8 Å². The Morgan fingerprint density at radius 1 is 0.947 bits per heavy atom. The number of anilines is 1. The number of nitrogens with one attached hydrogen (secondary N) is 1. The van der Waals surface area contributed by atoms with Gasteiger partial charge in [-0.05, 0) is 48.7 Å². The van der Waals surface area contributed by atoms with E-state index in [4.69, 9.17) is 4.74 Å². The summed E-state index contributed by atoms with van der Waals surface area (Å²) in [5.74, 6) is 0.933. The van der Waals surface area contributed by atoms with Gasteiger partial charge in [-0.25, -0.2) is 0 Å². The van der Waals surface area contributed by atoms with E-state index in [9.17, 15) is 0 Å². The van der Waals surface area contributed by atoms with Crippen molar-refractivity contribution >= 4 is 5.69 Å². The van der Waals surface area contributed by atoms with E-state index in [2.05, 4.69) is 48.6 Å². The molecule has 0 radical (unpaired) electrons. The molecule has 0 aliphatic carbocycles. The van der Waals surface area contributed by atoms with Crippen molar-refractivity contribution in [1.29, 1.82) is 0 Å². The summed E-state index contributed by atoms with van der Waals surface area (Å²) in [6, 6.07) is 16.8. The maximum Gasteiger partial charge on any atom is 0.119 e. The Hall–Kier alpha value is -1.96. The molecule has 0 amide bonds. The van der Waals surface area contributed by atoms with E-state index < -0.39 is 0 Å². The predicted molar refractivity (Wildman–Crippen MR) is 80.8 cm³/mol. The summed E-state index contributed by atoms with van der Waals surface area (Å²) in [5, 5.41) is 3.43. The van der Waals surface area contributed by atoms with Gasteiger partial charge in [0.15, 0.2) is 0 Å². The third kappa shape index (κ3) is 4.02. The Kier molecular flexibility index (Phi) is 4.85. The summed E-state index contributed by atoms with van der Waals surface area (Å²) in [4.78, 5) is 0. The SMILES string of the molecule is CCOc1cccc(CNc2ccc(CC)cc2)c1. The lowest BCUT2D eigenvalue weighted by Gasteiger charge is -2.09. The van der Waals surface area contributed by atoms with E-state index in [1.165, 1.54) is 11.1 Å². The Bertz CT molecular complexity index is 505. The lowest BCUT2D eigenvalue weighted by molar-refractivity contribution is 0.340. The average molecular weight is 255 g/mol. The van der Waals surface area contributed by atoms with Gasteiger partial charge in [0.25, 0.3) is 0 Å². The maximum atomic E-state index is 5.50. The summed E-state index contributed by atoms with van der Waals surface area (Å²) in [7, 11) is 0. The summed E-state index contributed by atoms with van der Waals surface area (Å²) >= 11 is 0. The summed E-state index contributed by atoms with van der Waals surface area (Å²) in [5.41, 5.74) is 3.74. The Morgan fingerprint density at radius 3 is 2.42 bits per heavy atom. The zero-order valence-corrected chi connectivity index (χ0v) is 11.6. The smallest absolute Gasteiger partial charge is 0.119 e. The lowest BCUT2D eigenvalue weighted by atomic mass is 10.1. The number of rotatable bonds is 6. The molecule has 0 atom stereocenters. The number of ether oxygens (including phenoxy) is 1. The molecule has 1 N–H and O–H groups in total. The van der Waals surface area contributed by atoms with E-state index in [1.807, 2.05) is 19.1 Å². The van der Waals surface area contributed by atoms with Crippen LogP contribution in [0.3, 0.4) is 0 Å². The zero-order chi connectivity index (χ0) is 13.5. The third-order valence-electron chi connectivity index (χ3n) is 3.07. The minimum Gasteiger partial charge on any atom is -0.494 e. The fourth-order valence-corrected chi connectivity index (χ4v) is 1.97. The first-order valence-electron chi connectivity index (χ1n) is 6.86. The van der Waals surface area contributed by atoms with Gasteiger partial charge in [-0.3, -0.25) is 0 Å². The van der Waals surface area contributed by atoms with Gasteiger partial charge in [0.1, 0.15) is 5.75 Å². The van der Waals surface area contributed by atoms with Crippen molar-refractivity contribution in [2.75, 3.05) is 11.9 Å². The molecule has 0 saturated carbocycles. The zero-order valence-electron chi connectivity index (χ0n) is 11.6. The summed E-state index contributed by atoms with van der Waals surface area (Å²) in [6.45, 7) is 5.68. The fourth-order valence-electron chi connectivity index (χ4n) is 1.97. The largest absolute Gasteiger partial charge is 0.494 e. The van der Waals surface area contributed by atoms with Crippen LogP contribution in [0, 0.1) is 0 Å². The van der Waals surface area contributed by atoms with Crippen LogP contribution in [0.25, 0.3) is 0 Å². The highest BCUT2D eigenvalue weighted by atomic mass is 16.5. The second-order valence-corrected chi connectivity index (χ2v) is 4.48. The lowest BCUT2D eigenvalue weighted by Crippen LogP contribution is -2.00. The normalized spacial score (nSPS) is 10.2. The minimum atomic E-state index is 0.704. The van der Waals surface area contributed by atoms with E-state index in [0.717, 1.165) is 24.4 Å². The number of aryl methyl sites for hydroxylation is 1. The molecule has 19 heavy (non-hydrogen) atoms. The first-order chi connectivity index (χ1) is 9.31. The van der Waals surface area contributed by atoms with Gasteiger partial charge in [0.2, 0.25) is 0 Å². The van der Waals surface area contributed by atoms with Gasteiger partial charge < -0.3 is 10.1 Å². The van der Waals surface area contributed by atoms with Gasteiger partial charge >= 0.3 is 0 Å². The van der Waals surface area contributed by atoms with Crippen molar-refractivity contribution < 1.29 is 4.74 Å². The molecule has 0 aliphatic heterocycles. The Labute approximate surface area is 115 Å². The monoisotopic (exact) mass is 255 g/mol. The van der Waals surface area contributed by atoms with Gasteiger partial charge in [0, 0.05) is 12.2 Å². The molecule has 0 heterocycles. The molecular formula is C17H21NO. The summed E-state index contributed by atoms with van der Waals surface area (Å²) in [6.07, 6.45) is 1.08. The fraction of sp³-hybridized carbons (Fsp3) is 0.294.